The molecule has 1 aromatic rings. The quantitative estimate of drug-likeness (QED) is 0.854. The Balaban J connectivity index is 2.18. The van der Waals surface area contributed by atoms with Gasteiger partial charge in [0.1, 0.15) is 11.5 Å². The summed E-state index contributed by atoms with van der Waals surface area (Å²) in [6.45, 7) is 11.4. The molecule has 1 heterocycles. The standard InChI is InChI=1S/C16H24O4Si/c1-16(2,3)21(4,5)20-12-6-7-13-11(8-15(17)18)10-19-14(13)9-12/h6-7,9,11H,8,10H2,1-5H3,(H,17,18). The van der Waals surface area contributed by atoms with E-state index in [0.29, 0.717) is 6.61 Å². The van der Waals surface area contributed by atoms with E-state index in [4.69, 9.17) is 14.3 Å². The van der Waals surface area contributed by atoms with Gasteiger partial charge in [0.25, 0.3) is 0 Å². The van der Waals surface area contributed by atoms with Crippen molar-refractivity contribution in [3.05, 3.63) is 23.8 Å². The third kappa shape index (κ3) is 3.40. The Morgan fingerprint density at radius 3 is 2.67 bits per heavy atom. The third-order valence-corrected chi connectivity index (χ3v) is 8.82. The summed E-state index contributed by atoms with van der Waals surface area (Å²) in [5.41, 5.74) is 0.972. The molecule has 0 spiro atoms. The maximum Gasteiger partial charge on any atom is 0.304 e. The first-order valence-electron chi connectivity index (χ1n) is 7.28. The molecule has 0 fully saturated rings. The number of ether oxygens (including phenoxy) is 1. The van der Waals surface area contributed by atoms with E-state index in [2.05, 4.69) is 33.9 Å². The van der Waals surface area contributed by atoms with Gasteiger partial charge in [0.15, 0.2) is 0 Å². The first-order chi connectivity index (χ1) is 9.60. The topological polar surface area (TPSA) is 55.8 Å². The third-order valence-electron chi connectivity index (χ3n) is 4.47. The Bertz CT molecular complexity index is 546. The normalized spacial score (nSPS) is 18.0. The lowest BCUT2D eigenvalue weighted by Gasteiger charge is -2.36. The zero-order valence-electron chi connectivity index (χ0n) is 13.4. The lowest BCUT2D eigenvalue weighted by atomic mass is 9.98. The first-order valence-corrected chi connectivity index (χ1v) is 10.2. The van der Waals surface area contributed by atoms with Crippen molar-refractivity contribution in [2.45, 2.75) is 51.2 Å². The Kier molecular flexibility index (Phi) is 4.06. The second-order valence-electron chi connectivity index (χ2n) is 7.17. The largest absolute Gasteiger partial charge is 0.543 e. The molecule has 21 heavy (non-hydrogen) atoms. The lowest BCUT2D eigenvalue weighted by Crippen LogP contribution is -2.43. The Hall–Kier alpha value is -1.49. The Morgan fingerprint density at radius 2 is 2.10 bits per heavy atom. The average Bonchev–Trinajstić information content (AvgIpc) is 2.69. The second-order valence-corrected chi connectivity index (χ2v) is 11.9. The van der Waals surface area contributed by atoms with Gasteiger partial charge in [-0.2, -0.15) is 0 Å². The van der Waals surface area contributed by atoms with Crippen molar-refractivity contribution < 1.29 is 19.1 Å². The van der Waals surface area contributed by atoms with Gasteiger partial charge in [-0.1, -0.05) is 26.8 Å². The number of hydrogen-bond acceptors (Lipinski definition) is 3. The van der Waals surface area contributed by atoms with Crippen LogP contribution < -0.4 is 9.16 Å². The number of carboxylic acid groups (broad SMARTS) is 1. The predicted molar refractivity (Wildman–Crippen MR) is 84.8 cm³/mol. The fourth-order valence-electron chi connectivity index (χ4n) is 2.15. The van der Waals surface area contributed by atoms with E-state index in [9.17, 15) is 4.79 Å². The molecule has 4 nitrogen and oxygen atoms in total. The summed E-state index contributed by atoms with van der Waals surface area (Å²) in [5.74, 6) is 0.728. The highest BCUT2D eigenvalue weighted by Crippen LogP contribution is 2.41. The number of carboxylic acids is 1. The van der Waals surface area contributed by atoms with Gasteiger partial charge < -0.3 is 14.3 Å². The molecular weight excluding hydrogens is 284 g/mol. The second kappa shape index (κ2) is 5.37. The van der Waals surface area contributed by atoms with Crippen LogP contribution >= 0.6 is 0 Å². The molecule has 0 aromatic heterocycles. The SMILES string of the molecule is CC(C)(C)[Si](C)(C)Oc1ccc2c(c1)OCC2CC(=O)O. The lowest BCUT2D eigenvalue weighted by molar-refractivity contribution is -0.137. The van der Waals surface area contributed by atoms with E-state index in [1.807, 2.05) is 18.2 Å². The molecular formula is C16H24O4Si. The van der Waals surface area contributed by atoms with E-state index in [1.165, 1.54) is 0 Å². The summed E-state index contributed by atoms with van der Waals surface area (Å²) >= 11 is 0. The summed E-state index contributed by atoms with van der Waals surface area (Å²) in [5, 5.41) is 9.06. The van der Waals surface area contributed by atoms with Crippen LogP contribution in [-0.4, -0.2) is 26.0 Å². The fraction of sp³-hybridized carbons (Fsp3) is 0.562. The van der Waals surface area contributed by atoms with Crippen LogP contribution in [0.1, 0.15) is 38.7 Å². The number of rotatable bonds is 4. The zero-order chi connectivity index (χ0) is 15.8. The van der Waals surface area contributed by atoms with Crippen molar-refractivity contribution in [1.82, 2.24) is 0 Å². The van der Waals surface area contributed by atoms with E-state index in [0.717, 1.165) is 17.1 Å². The van der Waals surface area contributed by atoms with Crippen LogP contribution in [0.15, 0.2) is 18.2 Å². The van der Waals surface area contributed by atoms with E-state index < -0.39 is 14.3 Å². The van der Waals surface area contributed by atoms with Gasteiger partial charge in [-0.05, 0) is 24.2 Å². The molecule has 1 aliphatic heterocycles. The van der Waals surface area contributed by atoms with Crippen molar-refractivity contribution in [1.29, 1.82) is 0 Å². The molecule has 0 radical (unpaired) electrons. The van der Waals surface area contributed by atoms with Gasteiger partial charge in [-0.3, -0.25) is 4.79 Å². The molecule has 0 saturated carbocycles. The summed E-state index contributed by atoms with van der Waals surface area (Å²) in [7, 11) is -1.87. The molecule has 116 valence electrons. The van der Waals surface area contributed by atoms with Gasteiger partial charge in [-0.25, -0.2) is 0 Å². The molecule has 5 heteroatoms. The summed E-state index contributed by atoms with van der Waals surface area (Å²) in [4.78, 5) is 10.9. The summed E-state index contributed by atoms with van der Waals surface area (Å²) in [6.07, 6.45) is 0.107. The first kappa shape index (κ1) is 15.9. The summed E-state index contributed by atoms with van der Waals surface area (Å²) in [6, 6.07) is 5.78. The van der Waals surface area contributed by atoms with Crippen molar-refractivity contribution >= 4 is 14.3 Å². The van der Waals surface area contributed by atoms with Crippen LogP contribution in [0.5, 0.6) is 11.5 Å². The maximum absolute atomic E-state index is 10.9. The molecule has 0 saturated heterocycles. The van der Waals surface area contributed by atoms with Gasteiger partial charge in [0, 0.05) is 17.5 Å². The molecule has 0 amide bonds. The number of fused-ring (bicyclic) bond motifs is 1. The van der Waals surface area contributed by atoms with E-state index in [-0.39, 0.29) is 17.4 Å². The minimum Gasteiger partial charge on any atom is -0.543 e. The molecule has 2 rings (SSSR count). The maximum atomic E-state index is 10.9. The van der Waals surface area contributed by atoms with Gasteiger partial charge in [0.2, 0.25) is 8.32 Å². The molecule has 1 N–H and O–H groups in total. The van der Waals surface area contributed by atoms with Crippen LogP contribution in [0, 0.1) is 0 Å². The van der Waals surface area contributed by atoms with Crippen LogP contribution in [0.25, 0.3) is 0 Å². The highest BCUT2D eigenvalue weighted by molar-refractivity contribution is 6.74. The van der Waals surface area contributed by atoms with Crippen molar-refractivity contribution in [3.8, 4) is 11.5 Å². The number of hydrogen-bond donors (Lipinski definition) is 1. The molecule has 0 bridgehead atoms. The minimum absolute atomic E-state index is 0.0561. The Morgan fingerprint density at radius 1 is 1.43 bits per heavy atom. The van der Waals surface area contributed by atoms with Gasteiger partial charge in [-0.15, -0.1) is 0 Å². The van der Waals surface area contributed by atoms with Crippen molar-refractivity contribution in [2.24, 2.45) is 0 Å². The molecule has 1 aliphatic rings. The molecule has 1 aromatic carbocycles. The molecule has 1 unspecified atom stereocenters. The monoisotopic (exact) mass is 308 g/mol. The highest BCUT2D eigenvalue weighted by atomic mass is 28.4. The van der Waals surface area contributed by atoms with E-state index >= 15 is 0 Å². The molecule has 0 aliphatic carbocycles. The number of aliphatic carboxylic acids is 1. The minimum atomic E-state index is -1.87. The van der Waals surface area contributed by atoms with Gasteiger partial charge in [0.05, 0.1) is 13.0 Å². The van der Waals surface area contributed by atoms with Crippen molar-refractivity contribution in [2.75, 3.05) is 6.61 Å². The predicted octanol–water partition coefficient (Wildman–Crippen LogP) is 4.02. The van der Waals surface area contributed by atoms with Crippen LogP contribution in [0.2, 0.25) is 18.1 Å². The molecule has 1 atom stereocenters. The average molecular weight is 308 g/mol. The fourth-order valence-corrected chi connectivity index (χ4v) is 3.17. The van der Waals surface area contributed by atoms with Crippen LogP contribution in [0.3, 0.4) is 0 Å². The summed E-state index contributed by atoms with van der Waals surface area (Å²) < 4.78 is 11.9. The van der Waals surface area contributed by atoms with Crippen LogP contribution in [-0.2, 0) is 4.79 Å². The van der Waals surface area contributed by atoms with Crippen molar-refractivity contribution in [3.63, 3.8) is 0 Å². The van der Waals surface area contributed by atoms with Gasteiger partial charge >= 0.3 is 5.97 Å². The number of benzene rings is 1. The van der Waals surface area contributed by atoms with E-state index in [1.54, 1.807) is 0 Å². The smallest absolute Gasteiger partial charge is 0.304 e. The number of carbonyl (C=O) groups is 1. The van der Waals surface area contributed by atoms with Crippen LogP contribution in [0.4, 0.5) is 0 Å². The zero-order valence-corrected chi connectivity index (χ0v) is 14.4. The highest BCUT2D eigenvalue weighted by Gasteiger charge is 2.39. The Labute approximate surface area is 127 Å².